The van der Waals surface area contributed by atoms with Crippen LogP contribution in [0.1, 0.15) is 66.4 Å². The molecular formula is C23H32FN3O4S. The summed E-state index contributed by atoms with van der Waals surface area (Å²) in [5, 5.41) is 0.189. The Labute approximate surface area is 192 Å². The van der Waals surface area contributed by atoms with Gasteiger partial charge in [0.2, 0.25) is 0 Å². The number of fused-ring (bicyclic) bond motifs is 1. The van der Waals surface area contributed by atoms with Gasteiger partial charge in [-0.1, -0.05) is 18.2 Å². The molecule has 1 saturated carbocycles. The largest absolute Gasteiger partial charge is 0.443 e. The number of ether oxygens (including phenoxy) is 2. The molecule has 7 nitrogen and oxygen atoms in total. The maximum absolute atomic E-state index is 14.2. The number of rotatable bonds is 1. The Balaban J connectivity index is 2.09. The molecular weight excluding hydrogens is 433 g/mol. The summed E-state index contributed by atoms with van der Waals surface area (Å²) in [6.45, 7) is 10.3. The topological polar surface area (TPSA) is 94.2 Å². The Morgan fingerprint density at radius 3 is 2.25 bits per heavy atom. The van der Waals surface area contributed by atoms with E-state index in [2.05, 4.69) is 0 Å². The van der Waals surface area contributed by atoms with Crippen LogP contribution in [-0.4, -0.2) is 39.2 Å². The molecule has 0 aromatic heterocycles. The molecule has 0 spiro atoms. The predicted octanol–water partition coefficient (Wildman–Crippen LogP) is 5.68. The zero-order chi connectivity index (χ0) is 23.9. The number of imide groups is 1. The number of carbonyl (C=O) groups excluding carboxylic acids is 2. The number of amidine groups is 1. The third kappa shape index (κ3) is 5.36. The number of benzene rings is 1. The minimum Gasteiger partial charge on any atom is -0.443 e. The van der Waals surface area contributed by atoms with E-state index in [9.17, 15) is 14.0 Å². The Hall–Kier alpha value is -2.29. The number of hydrogen-bond donors (Lipinski definition) is 1. The molecule has 32 heavy (non-hydrogen) atoms. The summed E-state index contributed by atoms with van der Waals surface area (Å²) in [6.07, 6.45) is 0.768. The number of nitrogens with two attached hydrogens (primary N) is 1. The van der Waals surface area contributed by atoms with Crippen molar-refractivity contribution in [2.75, 3.05) is 11.5 Å². The summed E-state index contributed by atoms with van der Waals surface area (Å²) < 4.78 is 25.2. The van der Waals surface area contributed by atoms with Crippen LogP contribution in [0.5, 0.6) is 0 Å². The second kappa shape index (κ2) is 8.57. The third-order valence-corrected chi connectivity index (χ3v) is 6.36. The van der Waals surface area contributed by atoms with Crippen molar-refractivity contribution in [3.8, 4) is 0 Å². The van der Waals surface area contributed by atoms with Crippen LogP contribution >= 0.6 is 11.8 Å². The Bertz CT molecular complexity index is 890. The highest BCUT2D eigenvalue weighted by Crippen LogP contribution is 2.52. The molecule has 3 rings (SSSR count). The van der Waals surface area contributed by atoms with Crippen LogP contribution in [0, 0.1) is 11.7 Å². The van der Waals surface area contributed by atoms with Crippen molar-refractivity contribution < 1.29 is 23.5 Å². The smallest absolute Gasteiger partial charge is 0.426 e. The van der Waals surface area contributed by atoms with Gasteiger partial charge in [-0.25, -0.2) is 19.0 Å². The van der Waals surface area contributed by atoms with Gasteiger partial charge in [0.15, 0.2) is 5.17 Å². The summed E-state index contributed by atoms with van der Waals surface area (Å²) in [6, 6.07) is 4.43. The van der Waals surface area contributed by atoms with Gasteiger partial charge in [-0.15, -0.1) is 0 Å². The zero-order valence-corrected chi connectivity index (χ0v) is 20.3. The SMILES string of the molecule is CC(C)(C)OC(=O)N(C(=O)OC(C)(C)C)C1=N[C@@]2(c3cc(N)cc(F)c3)CCC[C@H]2CS1. The monoisotopic (exact) mass is 465 g/mol. The van der Waals surface area contributed by atoms with Crippen LogP contribution in [-0.2, 0) is 15.0 Å². The van der Waals surface area contributed by atoms with Gasteiger partial charge >= 0.3 is 12.2 Å². The fourth-order valence-electron chi connectivity index (χ4n) is 4.07. The fraction of sp³-hybridized carbons (Fsp3) is 0.609. The Kier molecular flexibility index (Phi) is 6.52. The van der Waals surface area contributed by atoms with Crippen molar-refractivity contribution >= 4 is 34.8 Å². The summed E-state index contributed by atoms with van der Waals surface area (Å²) in [7, 11) is 0. The first-order valence-corrected chi connectivity index (χ1v) is 11.7. The van der Waals surface area contributed by atoms with Gasteiger partial charge in [0.1, 0.15) is 17.0 Å². The molecule has 0 saturated heterocycles. The van der Waals surface area contributed by atoms with Crippen molar-refractivity contribution in [1.29, 1.82) is 0 Å². The van der Waals surface area contributed by atoms with Crippen molar-refractivity contribution in [3.63, 3.8) is 0 Å². The number of carbonyl (C=O) groups is 2. The van der Waals surface area contributed by atoms with E-state index >= 15 is 0 Å². The molecule has 2 aliphatic rings. The molecule has 1 heterocycles. The number of nitrogen functional groups attached to an aromatic ring is 1. The summed E-state index contributed by atoms with van der Waals surface area (Å²) in [5.41, 5.74) is 4.49. The van der Waals surface area contributed by atoms with Crippen molar-refractivity contribution in [2.45, 2.75) is 77.5 Å². The van der Waals surface area contributed by atoms with Crippen LogP contribution < -0.4 is 5.73 Å². The highest BCUT2D eigenvalue weighted by Gasteiger charge is 2.49. The lowest BCUT2D eigenvalue weighted by molar-refractivity contribution is 0.0150. The van der Waals surface area contributed by atoms with Crippen LogP contribution in [0.15, 0.2) is 23.2 Å². The van der Waals surface area contributed by atoms with E-state index in [-0.39, 0.29) is 11.1 Å². The molecule has 176 valence electrons. The maximum Gasteiger partial charge on any atom is 0.426 e. The number of thioether (sulfide) groups is 1. The average Bonchev–Trinajstić information content (AvgIpc) is 3.02. The molecule has 0 radical (unpaired) electrons. The number of hydrogen-bond acceptors (Lipinski definition) is 7. The molecule has 1 aromatic carbocycles. The first kappa shape index (κ1) is 24.4. The molecule has 1 aliphatic carbocycles. The first-order chi connectivity index (χ1) is 14.7. The quantitative estimate of drug-likeness (QED) is 0.536. The molecule has 1 fully saturated rings. The molecule has 1 aliphatic heterocycles. The predicted molar refractivity (Wildman–Crippen MR) is 124 cm³/mol. The lowest BCUT2D eigenvalue weighted by Crippen LogP contribution is -2.48. The molecule has 0 unspecified atom stereocenters. The summed E-state index contributed by atoms with van der Waals surface area (Å²) >= 11 is 1.31. The van der Waals surface area contributed by atoms with Gasteiger partial charge in [0.25, 0.3) is 0 Å². The van der Waals surface area contributed by atoms with Crippen LogP contribution in [0.4, 0.5) is 19.7 Å². The molecule has 2 amide bonds. The zero-order valence-electron chi connectivity index (χ0n) is 19.5. The van der Waals surface area contributed by atoms with Gasteiger partial charge in [-0.3, -0.25) is 0 Å². The lowest BCUT2D eigenvalue weighted by atomic mass is 9.81. The molecule has 1 aromatic rings. The van der Waals surface area contributed by atoms with E-state index in [0.717, 1.165) is 17.7 Å². The molecule has 9 heteroatoms. The summed E-state index contributed by atoms with van der Waals surface area (Å²) in [4.78, 5) is 31.9. The van der Waals surface area contributed by atoms with Gasteiger partial charge in [-0.2, -0.15) is 4.90 Å². The van der Waals surface area contributed by atoms with Crippen molar-refractivity contribution in [3.05, 3.63) is 29.6 Å². The highest BCUT2D eigenvalue weighted by molar-refractivity contribution is 8.13. The molecule has 0 bridgehead atoms. The van der Waals surface area contributed by atoms with E-state index in [4.69, 9.17) is 20.2 Å². The number of aliphatic imine (C=N–C) groups is 1. The van der Waals surface area contributed by atoms with E-state index in [1.165, 1.54) is 23.9 Å². The normalized spacial score (nSPS) is 23.2. The average molecular weight is 466 g/mol. The fourth-order valence-corrected chi connectivity index (χ4v) is 5.37. The van der Waals surface area contributed by atoms with Gasteiger partial charge in [0, 0.05) is 11.4 Å². The van der Waals surface area contributed by atoms with E-state index in [1.54, 1.807) is 47.6 Å². The van der Waals surface area contributed by atoms with E-state index in [0.29, 0.717) is 23.4 Å². The van der Waals surface area contributed by atoms with Crippen molar-refractivity contribution in [1.82, 2.24) is 4.90 Å². The highest BCUT2D eigenvalue weighted by atomic mass is 32.2. The summed E-state index contributed by atoms with van der Waals surface area (Å²) in [5.74, 6) is 0.319. The van der Waals surface area contributed by atoms with Crippen molar-refractivity contribution in [2.24, 2.45) is 10.9 Å². The van der Waals surface area contributed by atoms with Crippen LogP contribution in [0.3, 0.4) is 0 Å². The molecule has 2 atom stereocenters. The maximum atomic E-state index is 14.2. The number of nitrogens with zero attached hydrogens (tertiary/aromatic N) is 2. The van der Waals surface area contributed by atoms with Crippen LogP contribution in [0.2, 0.25) is 0 Å². The Morgan fingerprint density at radius 2 is 1.72 bits per heavy atom. The van der Waals surface area contributed by atoms with Gasteiger partial charge < -0.3 is 15.2 Å². The second-order valence-electron chi connectivity index (χ2n) is 10.3. The van der Waals surface area contributed by atoms with E-state index < -0.39 is 34.7 Å². The van der Waals surface area contributed by atoms with Crippen LogP contribution in [0.25, 0.3) is 0 Å². The first-order valence-electron chi connectivity index (χ1n) is 10.8. The number of halogens is 1. The standard InChI is InChI=1S/C23H32FN3O4S/c1-21(2,3)30-19(28)27(20(29)31-22(4,5)6)18-26-23(9-7-8-14(23)13-32-18)15-10-16(24)12-17(25)11-15/h10-12,14H,7-9,13,25H2,1-6H3/t14-,23-/m0/s1. The third-order valence-electron chi connectivity index (χ3n) is 5.26. The molecule has 2 N–H and O–H groups in total. The Morgan fingerprint density at radius 1 is 1.12 bits per heavy atom. The number of amides is 2. The van der Waals surface area contributed by atoms with E-state index in [1.807, 2.05) is 0 Å². The minimum absolute atomic E-state index is 0.136. The number of anilines is 1. The lowest BCUT2D eigenvalue weighted by Gasteiger charge is -2.38. The van der Waals surface area contributed by atoms with Gasteiger partial charge in [-0.05, 0) is 84.1 Å². The minimum atomic E-state index is -0.858. The second-order valence-corrected chi connectivity index (χ2v) is 11.3. The van der Waals surface area contributed by atoms with Gasteiger partial charge in [0.05, 0.1) is 5.54 Å².